The highest BCUT2D eigenvalue weighted by molar-refractivity contribution is 6.18. The Hall–Kier alpha value is -3.59. The predicted octanol–water partition coefficient (Wildman–Crippen LogP) is 7.50. The van der Waals surface area contributed by atoms with Crippen molar-refractivity contribution in [1.82, 2.24) is 0 Å². The largest absolute Gasteiger partial charge is 0.455 e. The molecule has 154 valence electrons. The molecule has 0 bridgehead atoms. The van der Waals surface area contributed by atoms with Crippen molar-refractivity contribution in [2.75, 3.05) is 5.32 Å². The average Bonchev–Trinajstić information content (AvgIpc) is 3.14. The van der Waals surface area contributed by atoms with Crippen LogP contribution in [0.4, 0.5) is 5.69 Å². The fraction of sp³-hybridized carbons (Fsp3) is 0.179. The molecule has 0 fully saturated rings. The maximum Gasteiger partial charge on any atom is 0.259 e. The van der Waals surface area contributed by atoms with Gasteiger partial charge in [-0.3, -0.25) is 4.79 Å². The topological polar surface area (TPSA) is 42.2 Å². The minimum Gasteiger partial charge on any atom is -0.455 e. The number of carbonyl (C=O) groups is 1. The number of benzene rings is 4. The van der Waals surface area contributed by atoms with Crippen LogP contribution in [0.15, 0.2) is 77.2 Å². The van der Waals surface area contributed by atoms with Gasteiger partial charge in [-0.05, 0) is 60.0 Å². The highest BCUT2D eigenvalue weighted by Crippen LogP contribution is 2.33. The summed E-state index contributed by atoms with van der Waals surface area (Å²) in [6, 6.07) is 21.9. The van der Waals surface area contributed by atoms with Crippen molar-refractivity contribution in [2.45, 2.75) is 27.2 Å². The van der Waals surface area contributed by atoms with E-state index in [0.29, 0.717) is 28.8 Å². The molecule has 0 saturated carbocycles. The predicted molar refractivity (Wildman–Crippen MR) is 129 cm³/mol. The summed E-state index contributed by atoms with van der Waals surface area (Å²) in [6.45, 7) is 6.32. The van der Waals surface area contributed by atoms with Crippen LogP contribution in [0, 0.1) is 12.8 Å². The molecule has 0 saturated heterocycles. The van der Waals surface area contributed by atoms with Crippen LogP contribution in [0.2, 0.25) is 0 Å². The zero-order valence-corrected chi connectivity index (χ0v) is 18.0. The van der Waals surface area contributed by atoms with E-state index in [4.69, 9.17) is 5.79 Å². The Morgan fingerprint density at radius 1 is 0.968 bits per heavy atom. The molecule has 0 spiro atoms. The first-order chi connectivity index (χ1) is 15.4. The third kappa shape index (κ3) is 3.46. The number of anilines is 1. The lowest BCUT2D eigenvalue weighted by Gasteiger charge is -2.14. The fourth-order valence-corrected chi connectivity index (χ4v) is 4.33. The van der Waals surface area contributed by atoms with Gasteiger partial charge in [-0.2, -0.15) is 0 Å². The molecule has 5 rings (SSSR count). The molecule has 0 aliphatic carbocycles. The molecule has 1 N–H and O–H groups in total. The molecule has 1 heterocycles. The number of hydrogen-bond donors (Lipinski definition) is 1. The van der Waals surface area contributed by atoms with Gasteiger partial charge in [0.2, 0.25) is 0 Å². The third-order valence-corrected chi connectivity index (χ3v) is 5.67. The van der Waals surface area contributed by atoms with E-state index in [9.17, 15) is 4.79 Å². The molecular formula is C28H25NO2. The van der Waals surface area contributed by atoms with Crippen molar-refractivity contribution in [1.29, 1.82) is 0 Å². The Bertz CT molecular complexity index is 1500. The van der Waals surface area contributed by atoms with Crippen LogP contribution < -0.4 is 5.32 Å². The molecule has 3 heteroatoms. The Balaban J connectivity index is 1.63. The molecule has 4 aromatic carbocycles. The summed E-state index contributed by atoms with van der Waals surface area (Å²) in [5.41, 5.74) is 4.45. The highest BCUT2D eigenvalue weighted by Gasteiger charge is 2.18. The Kier molecular flexibility index (Phi) is 4.45. The average molecular weight is 409 g/mol. The van der Waals surface area contributed by atoms with Crippen molar-refractivity contribution >= 4 is 44.3 Å². The number of fused-ring (bicyclic) bond motifs is 4. The summed E-state index contributed by atoms with van der Waals surface area (Å²) < 4.78 is 14.7. The molecule has 5 aromatic rings. The summed E-state index contributed by atoms with van der Waals surface area (Å²) in [7, 11) is 0. The number of nitrogens with one attached hydrogen (secondary N) is 1. The lowest BCUT2D eigenvalue weighted by Crippen LogP contribution is -2.13. The number of furan rings is 1. The summed E-state index contributed by atoms with van der Waals surface area (Å²) in [4.78, 5) is 13.5. The van der Waals surface area contributed by atoms with Crippen LogP contribution in [0.3, 0.4) is 0 Å². The van der Waals surface area contributed by atoms with Crippen molar-refractivity contribution in [3.05, 3.63) is 89.5 Å². The van der Waals surface area contributed by atoms with E-state index in [1.165, 1.54) is 0 Å². The zero-order chi connectivity index (χ0) is 22.4. The normalized spacial score (nSPS) is 12.1. The summed E-state index contributed by atoms with van der Waals surface area (Å²) >= 11 is 0. The van der Waals surface area contributed by atoms with E-state index in [2.05, 4.69) is 25.2 Å². The van der Waals surface area contributed by atoms with E-state index in [1.807, 2.05) is 67.6 Å². The van der Waals surface area contributed by atoms with Crippen LogP contribution in [-0.4, -0.2) is 5.91 Å². The molecular weight excluding hydrogens is 382 g/mol. The first kappa shape index (κ1) is 18.2. The lowest BCUT2D eigenvalue weighted by atomic mass is 9.96. The van der Waals surface area contributed by atoms with Gasteiger partial charge in [0, 0.05) is 21.8 Å². The lowest BCUT2D eigenvalue weighted by molar-refractivity contribution is 0.102. The van der Waals surface area contributed by atoms with Crippen LogP contribution in [0.1, 0.15) is 36.7 Å². The minimum absolute atomic E-state index is 0.270. The number of hydrogen-bond acceptors (Lipinski definition) is 2. The monoisotopic (exact) mass is 408 g/mol. The Labute approximate surface area is 183 Å². The van der Waals surface area contributed by atoms with E-state index >= 15 is 0 Å². The van der Waals surface area contributed by atoms with E-state index in [-0.39, 0.29) is 5.91 Å². The number of rotatable bonds is 4. The molecule has 0 aliphatic heterocycles. The molecule has 0 radical (unpaired) electrons. The van der Waals surface area contributed by atoms with Gasteiger partial charge in [0.15, 0.2) is 0 Å². The van der Waals surface area contributed by atoms with Gasteiger partial charge < -0.3 is 9.73 Å². The minimum atomic E-state index is -0.270. The smallest absolute Gasteiger partial charge is 0.259 e. The van der Waals surface area contributed by atoms with Crippen molar-refractivity contribution in [2.24, 2.45) is 5.92 Å². The second-order valence-electron chi connectivity index (χ2n) is 8.57. The maximum absolute atomic E-state index is 13.5. The second-order valence-corrected chi connectivity index (χ2v) is 8.57. The summed E-state index contributed by atoms with van der Waals surface area (Å²) in [5, 5.41) is 6.90. The van der Waals surface area contributed by atoms with Crippen molar-refractivity contribution in [3.8, 4) is 0 Å². The quantitative estimate of drug-likeness (QED) is 0.334. The second kappa shape index (κ2) is 7.59. The first-order valence-electron chi connectivity index (χ1n) is 11.2. The van der Waals surface area contributed by atoms with Crippen LogP contribution in [0.5, 0.6) is 0 Å². The maximum atomic E-state index is 13.5. The highest BCUT2D eigenvalue weighted by atomic mass is 16.3. The standard InChI is InChI=1S/C28H25NO2/c1-17(2)14-19-12-13-25(21-9-5-4-8-20(19)21)29-28(30)24-16-18(3)15-23-22-10-6-7-11-26(22)31-27(23)24/h4-13,15-17H,14H2,1-3H3,(H,29,30)/i13D. The van der Waals surface area contributed by atoms with Gasteiger partial charge in [0.25, 0.3) is 5.91 Å². The molecule has 31 heavy (non-hydrogen) atoms. The van der Waals surface area contributed by atoms with Gasteiger partial charge in [0.1, 0.15) is 11.2 Å². The van der Waals surface area contributed by atoms with Crippen LogP contribution in [-0.2, 0) is 6.42 Å². The van der Waals surface area contributed by atoms with E-state index in [0.717, 1.165) is 44.7 Å². The number of carbonyl (C=O) groups excluding carboxylic acids is 1. The van der Waals surface area contributed by atoms with Crippen molar-refractivity contribution in [3.63, 3.8) is 0 Å². The first-order valence-corrected chi connectivity index (χ1v) is 10.7. The Morgan fingerprint density at radius 2 is 1.68 bits per heavy atom. The van der Waals surface area contributed by atoms with E-state index in [1.54, 1.807) is 0 Å². The molecule has 0 unspecified atom stereocenters. The third-order valence-electron chi connectivity index (χ3n) is 5.67. The van der Waals surface area contributed by atoms with Crippen LogP contribution in [0.25, 0.3) is 32.7 Å². The Morgan fingerprint density at radius 3 is 2.45 bits per heavy atom. The SMILES string of the molecule is [2H]c1cc(CC(C)C)c2ccccc2c1NC(=O)c1cc(C)cc2c1oc1ccccc12. The van der Waals surface area contributed by atoms with Gasteiger partial charge in [-0.15, -0.1) is 0 Å². The van der Waals surface area contributed by atoms with E-state index < -0.39 is 0 Å². The molecule has 0 atom stereocenters. The van der Waals surface area contributed by atoms with Gasteiger partial charge in [-0.25, -0.2) is 0 Å². The summed E-state index contributed by atoms with van der Waals surface area (Å²) in [5.74, 6) is 0.208. The fourth-order valence-electron chi connectivity index (χ4n) is 4.33. The van der Waals surface area contributed by atoms with Gasteiger partial charge >= 0.3 is 0 Å². The molecule has 0 aliphatic rings. The van der Waals surface area contributed by atoms with Gasteiger partial charge in [-0.1, -0.05) is 62.4 Å². The summed E-state index contributed by atoms with van der Waals surface area (Å²) in [6.07, 6.45) is 0.887. The number of para-hydroxylation sites is 1. The molecule has 1 aromatic heterocycles. The molecule has 3 nitrogen and oxygen atoms in total. The van der Waals surface area contributed by atoms with Gasteiger partial charge in [0.05, 0.1) is 6.93 Å². The zero-order valence-electron chi connectivity index (χ0n) is 19.0. The number of amides is 1. The molecule has 1 amide bonds. The van der Waals surface area contributed by atoms with Crippen LogP contribution >= 0.6 is 0 Å². The number of aryl methyl sites for hydroxylation is 1. The van der Waals surface area contributed by atoms with Crippen molar-refractivity contribution < 1.29 is 10.6 Å².